The SMILES string of the molecule is CCCCCNc1nc(C)cc(NC2CCS(=O)(=O)C2)n1. The number of hydrogen-bond donors (Lipinski definition) is 2. The van der Waals surface area contributed by atoms with Crippen LogP contribution in [0.5, 0.6) is 0 Å². The maximum Gasteiger partial charge on any atom is 0.224 e. The third-order valence-electron chi connectivity index (χ3n) is 3.50. The van der Waals surface area contributed by atoms with Crippen molar-refractivity contribution in [2.75, 3.05) is 28.7 Å². The van der Waals surface area contributed by atoms with Crippen molar-refractivity contribution in [1.82, 2.24) is 9.97 Å². The van der Waals surface area contributed by atoms with E-state index >= 15 is 0 Å². The molecular formula is C14H24N4O2S. The van der Waals surface area contributed by atoms with Crippen LogP contribution in [-0.2, 0) is 9.84 Å². The van der Waals surface area contributed by atoms with Crippen LogP contribution in [0.3, 0.4) is 0 Å². The van der Waals surface area contributed by atoms with E-state index in [2.05, 4.69) is 27.5 Å². The molecule has 2 N–H and O–H groups in total. The number of nitrogens with zero attached hydrogens (tertiary/aromatic N) is 2. The Morgan fingerprint density at radius 1 is 1.33 bits per heavy atom. The monoisotopic (exact) mass is 312 g/mol. The van der Waals surface area contributed by atoms with E-state index in [0.29, 0.717) is 18.2 Å². The summed E-state index contributed by atoms with van der Waals surface area (Å²) in [5.41, 5.74) is 0.867. The Labute approximate surface area is 126 Å². The van der Waals surface area contributed by atoms with E-state index in [1.165, 1.54) is 12.8 Å². The standard InChI is InChI=1S/C14H24N4O2S/c1-3-4-5-7-15-14-16-11(2)9-13(18-14)17-12-6-8-21(19,20)10-12/h9,12H,3-8,10H2,1-2H3,(H2,15,16,17,18). The Morgan fingerprint density at radius 3 is 2.81 bits per heavy atom. The molecule has 1 saturated heterocycles. The number of anilines is 2. The number of rotatable bonds is 7. The van der Waals surface area contributed by atoms with Gasteiger partial charge in [0.05, 0.1) is 11.5 Å². The zero-order valence-corrected chi connectivity index (χ0v) is 13.5. The minimum Gasteiger partial charge on any atom is -0.366 e. The number of sulfone groups is 1. The smallest absolute Gasteiger partial charge is 0.224 e. The van der Waals surface area contributed by atoms with E-state index in [1.54, 1.807) is 0 Å². The van der Waals surface area contributed by atoms with Crippen molar-refractivity contribution in [3.63, 3.8) is 0 Å². The first-order chi connectivity index (χ1) is 9.98. The van der Waals surface area contributed by atoms with Gasteiger partial charge in [-0.15, -0.1) is 0 Å². The highest BCUT2D eigenvalue weighted by atomic mass is 32.2. The van der Waals surface area contributed by atoms with Gasteiger partial charge in [-0.3, -0.25) is 0 Å². The minimum atomic E-state index is -2.88. The predicted molar refractivity (Wildman–Crippen MR) is 85.5 cm³/mol. The van der Waals surface area contributed by atoms with Crippen molar-refractivity contribution < 1.29 is 8.42 Å². The average Bonchev–Trinajstić information content (AvgIpc) is 2.73. The second kappa shape index (κ2) is 7.06. The van der Waals surface area contributed by atoms with E-state index in [1.807, 2.05) is 13.0 Å². The van der Waals surface area contributed by atoms with Crippen LogP contribution in [0.25, 0.3) is 0 Å². The largest absolute Gasteiger partial charge is 0.366 e. The molecule has 2 rings (SSSR count). The molecule has 1 aromatic rings. The van der Waals surface area contributed by atoms with Crippen LogP contribution in [0.2, 0.25) is 0 Å². The highest BCUT2D eigenvalue weighted by Crippen LogP contribution is 2.17. The van der Waals surface area contributed by atoms with Crippen LogP contribution in [0.1, 0.15) is 38.3 Å². The van der Waals surface area contributed by atoms with Crippen molar-refractivity contribution >= 4 is 21.6 Å². The van der Waals surface area contributed by atoms with Gasteiger partial charge in [-0.2, -0.15) is 4.98 Å². The summed E-state index contributed by atoms with van der Waals surface area (Å²) in [6, 6.07) is 1.81. The Hall–Kier alpha value is -1.37. The normalized spacial score (nSPS) is 20.4. The maximum absolute atomic E-state index is 11.5. The lowest BCUT2D eigenvalue weighted by molar-refractivity contribution is 0.602. The molecule has 0 saturated carbocycles. The average molecular weight is 312 g/mol. The van der Waals surface area contributed by atoms with Gasteiger partial charge >= 0.3 is 0 Å². The summed E-state index contributed by atoms with van der Waals surface area (Å²) in [7, 11) is -2.88. The zero-order valence-electron chi connectivity index (χ0n) is 12.7. The molecule has 0 aliphatic carbocycles. The lowest BCUT2D eigenvalue weighted by Gasteiger charge is -2.13. The van der Waals surface area contributed by atoms with E-state index in [-0.39, 0.29) is 17.5 Å². The Morgan fingerprint density at radius 2 is 2.14 bits per heavy atom. The fourth-order valence-corrected chi connectivity index (χ4v) is 4.09. The molecule has 1 aliphatic rings. The molecule has 1 aliphatic heterocycles. The molecule has 7 heteroatoms. The van der Waals surface area contributed by atoms with Crippen LogP contribution in [-0.4, -0.2) is 42.5 Å². The molecular weight excluding hydrogens is 288 g/mol. The summed E-state index contributed by atoms with van der Waals surface area (Å²) in [6.07, 6.45) is 4.10. The van der Waals surface area contributed by atoms with Crippen LogP contribution in [0.15, 0.2) is 6.07 Å². The summed E-state index contributed by atoms with van der Waals surface area (Å²) in [4.78, 5) is 8.77. The summed E-state index contributed by atoms with van der Waals surface area (Å²) >= 11 is 0. The summed E-state index contributed by atoms with van der Waals surface area (Å²) in [5, 5.41) is 6.43. The summed E-state index contributed by atoms with van der Waals surface area (Å²) in [6.45, 7) is 4.94. The molecule has 0 radical (unpaired) electrons. The van der Waals surface area contributed by atoms with Gasteiger partial charge in [0.1, 0.15) is 5.82 Å². The summed E-state index contributed by atoms with van der Waals surface area (Å²) < 4.78 is 23.0. The first-order valence-corrected chi connectivity index (χ1v) is 9.37. The third-order valence-corrected chi connectivity index (χ3v) is 5.27. The van der Waals surface area contributed by atoms with E-state index in [4.69, 9.17) is 0 Å². The lowest BCUT2D eigenvalue weighted by atomic mass is 10.2. The van der Waals surface area contributed by atoms with E-state index in [0.717, 1.165) is 18.7 Å². The lowest BCUT2D eigenvalue weighted by Crippen LogP contribution is -2.21. The number of hydrogen-bond acceptors (Lipinski definition) is 6. The number of nitrogens with one attached hydrogen (secondary N) is 2. The fourth-order valence-electron chi connectivity index (χ4n) is 2.41. The first kappa shape index (κ1) is 16.0. The third kappa shape index (κ3) is 5.15. The minimum absolute atomic E-state index is 0.0442. The van der Waals surface area contributed by atoms with Crippen LogP contribution in [0.4, 0.5) is 11.8 Å². The van der Waals surface area contributed by atoms with Gasteiger partial charge in [-0.1, -0.05) is 19.8 Å². The first-order valence-electron chi connectivity index (χ1n) is 7.55. The van der Waals surface area contributed by atoms with Crippen molar-refractivity contribution in [3.05, 3.63) is 11.8 Å². The van der Waals surface area contributed by atoms with Gasteiger partial charge in [-0.05, 0) is 19.8 Å². The van der Waals surface area contributed by atoms with Crippen LogP contribution in [0, 0.1) is 6.92 Å². The van der Waals surface area contributed by atoms with Crippen LogP contribution >= 0.6 is 0 Å². The quantitative estimate of drug-likeness (QED) is 0.749. The Balaban J connectivity index is 1.95. The molecule has 1 fully saturated rings. The van der Waals surface area contributed by atoms with Crippen LogP contribution < -0.4 is 10.6 Å². The molecule has 6 nitrogen and oxygen atoms in total. The molecule has 0 aromatic carbocycles. The highest BCUT2D eigenvalue weighted by Gasteiger charge is 2.28. The molecule has 1 unspecified atom stereocenters. The molecule has 2 heterocycles. The molecule has 1 atom stereocenters. The van der Waals surface area contributed by atoms with Gasteiger partial charge < -0.3 is 10.6 Å². The highest BCUT2D eigenvalue weighted by molar-refractivity contribution is 7.91. The van der Waals surface area contributed by atoms with Crippen molar-refractivity contribution in [2.45, 2.75) is 45.6 Å². The van der Waals surface area contributed by atoms with Crippen molar-refractivity contribution in [3.8, 4) is 0 Å². The fraction of sp³-hybridized carbons (Fsp3) is 0.714. The van der Waals surface area contributed by atoms with Gasteiger partial charge in [-0.25, -0.2) is 13.4 Å². The molecule has 0 amide bonds. The predicted octanol–water partition coefficient (Wildman–Crippen LogP) is 1.99. The van der Waals surface area contributed by atoms with E-state index in [9.17, 15) is 8.42 Å². The Kier molecular flexibility index (Phi) is 5.39. The second-order valence-electron chi connectivity index (χ2n) is 5.60. The molecule has 118 valence electrons. The van der Waals surface area contributed by atoms with Gasteiger partial charge in [0.15, 0.2) is 9.84 Å². The topological polar surface area (TPSA) is 84.0 Å². The van der Waals surface area contributed by atoms with E-state index < -0.39 is 9.84 Å². The number of unbranched alkanes of at least 4 members (excludes halogenated alkanes) is 2. The van der Waals surface area contributed by atoms with Crippen molar-refractivity contribution in [2.24, 2.45) is 0 Å². The van der Waals surface area contributed by atoms with Gasteiger partial charge in [0.25, 0.3) is 0 Å². The maximum atomic E-state index is 11.5. The second-order valence-corrected chi connectivity index (χ2v) is 7.83. The number of aryl methyl sites for hydroxylation is 1. The number of aromatic nitrogens is 2. The van der Waals surface area contributed by atoms with Gasteiger partial charge in [0.2, 0.25) is 5.95 Å². The molecule has 0 spiro atoms. The molecule has 0 bridgehead atoms. The van der Waals surface area contributed by atoms with Crippen molar-refractivity contribution in [1.29, 1.82) is 0 Å². The molecule has 21 heavy (non-hydrogen) atoms. The Bertz CT molecular complexity index is 574. The molecule has 1 aromatic heterocycles. The summed E-state index contributed by atoms with van der Waals surface area (Å²) in [5.74, 6) is 1.75. The van der Waals surface area contributed by atoms with Gasteiger partial charge in [0, 0.05) is 24.3 Å². The zero-order chi connectivity index (χ0) is 15.3.